The summed E-state index contributed by atoms with van der Waals surface area (Å²) in [5.74, 6) is 3.28. The second-order valence-corrected chi connectivity index (χ2v) is 3.36. The predicted molar refractivity (Wildman–Crippen MR) is 47.3 cm³/mol. The van der Waals surface area contributed by atoms with Crippen LogP contribution in [0.15, 0.2) is 0 Å². The molecule has 0 aliphatic heterocycles. The molecule has 0 aliphatic carbocycles. The molecule has 0 saturated carbocycles. The van der Waals surface area contributed by atoms with E-state index in [2.05, 4.69) is 10.7 Å². The molecule has 0 bridgehead atoms. The molecule has 0 saturated heterocycles. The van der Waals surface area contributed by atoms with Crippen molar-refractivity contribution in [2.45, 2.75) is 25.2 Å². The molecule has 10 N–H and O–H groups in total. The largest absolute Gasteiger partial charge is 0.371 e. The minimum Gasteiger partial charge on any atom is -0.371 e. The van der Waals surface area contributed by atoms with Gasteiger partial charge in [-0.15, -0.1) is 0 Å². The van der Waals surface area contributed by atoms with Crippen LogP contribution in [0.25, 0.3) is 0 Å². The van der Waals surface area contributed by atoms with E-state index < -0.39 is 17.3 Å². The highest BCUT2D eigenvalue weighted by Crippen LogP contribution is 2.16. The number of rotatable bonds is 3. The maximum Gasteiger partial charge on any atom is 0.362 e. The molecule has 0 aliphatic rings. The molecule has 0 fully saturated rings. The van der Waals surface area contributed by atoms with Gasteiger partial charge >= 0.3 is 5.97 Å². The molecule has 0 aromatic rings. The summed E-state index contributed by atoms with van der Waals surface area (Å²) in [6.45, 7) is 3.36. The lowest BCUT2D eigenvalue weighted by molar-refractivity contribution is -0.154. The van der Waals surface area contributed by atoms with Gasteiger partial charge in [-0.25, -0.2) is 4.79 Å². The van der Waals surface area contributed by atoms with Crippen LogP contribution in [0.3, 0.4) is 0 Å². The Balaban J connectivity index is 4.91. The fourth-order valence-electron chi connectivity index (χ4n) is 0.752. The van der Waals surface area contributed by atoms with Crippen molar-refractivity contribution in [3.05, 3.63) is 0 Å². The quantitative estimate of drug-likeness (QED) is 0.239. The van der Waals surface area contributed by atoms with Crippen molar-refractivity contribution in [1.82, 2.24) is 0 Å². The first-order valence-electron chi connectivity index (χ1n) is 3.74. The lowest BCUT2D eigenvalue weighted by atomic mass is 9.85. The highest BCUT2D eigenvalue weighted by Gasteiger charge is 2.49. The van der Waals surface area contributed by atoms with Gasteiger partial charge in [-0.1, -0.05) is 13.8 Å². The van der Waals surface area contributed by atoms with Crippen LogP contribution in [-0.2, 0) is 9.63 Å². The van der Waals surface area contributed by atoms with Gasteiger partial charge in [0, 0.05) is 0 Å². The van der Waals surface area contributed by atoms with Crippen molar-refractivity contribution in [2.24, 2.45) is 34.7 Å². The second kappa shape index (κ2) is 3.56. The van der Waals surface area contributed by atoms with Gasteiger partial charge in [-0.3, -0.25) is 0 Å². The molecule has 0 amide bonds. The molecular weight excluding hydrogens is 174 g/mol. The minimum atomic E-state index is -2.00. The standard InChI is InChI=1S/C6H17N5O2/c1-3(2)5(7,8)6(9,10)4(12)13-11/h3H,7-11H2,1-2H3. The van der Waals surface area contributed by atoms with Crippen molar-refractivity contribution in [2.75, 3.05) is 0 Å². The number of nitrogens with two attached hydrogens (primary N) is 5. The van der Waals surface area contributed by atoms with E-state index >= 15 is 0 Å². The molecule has 0 radical (unpaired) electrons. The molecule has 0 aromatic heterocycles. The number of carbonyl (C=O) groups excluding carboxylic acids is 1. The van der Waals surface area contributed by atoms with Crippen molar-refractivity contribution in [3.8, 4) is 0 Å². The van der Waals surface area contributed by atoms with Crippen LogP contribution in [0.4, 0.5) is 0 Å². The van der Waals surface area contributed by atoms with Crippen molar-refractivity contribution < 1.29 is 9.63 Å². The van der Waals surface area contributed by atoms with Crippen LogP contribution in [0.5, 0.6) is 0 Å². The van der Waals surface area contributed by atoms with Crippen LogP contribution in [0, 0.1) is 5.92 Å². The Morgan fingerprint density at radius 2 is 1.62 bits per heavy atom. The lowest BCUT2D eigenvalue weighted by Gasteiger charge is -2.40. The second-order valence-electron chi connectivity index (χ2n) is 3.36. The fourth-order valence-corrected chi connectivity index (χ4v) is 0.752. The van der Waals surface area contributed by atoms with E-state index in [0.717, 1.165) is 0 Å². The fraction of sp³-hybridized carbons (Fsp3) is 0.833. The highest BCUT2D eigenvalue weighted by molar-refractivity contribution is 5.81. The molecule has 0 atom stereocenters. The summed E-state index contributed by atoms with van der Waals surface area (Å²) in [6.07, 6.45) is 0. The predicted octanol–water partition coefficient (Wildman–Crippen LogP) is -2.71. The molecule has 7 heteroatoms. The van der Waals surface area contributed by atoms with E-state index in [1.54, 1.807) is 13.8 Å². The maximum atomic E-state index is 11.0. The normalized spacial score (nSPS) is 13.2. The van der Waals surface area contributed by atoms with Crippen LogP contribution in [0.1, 0.15) is 13.8 Å². The Hall–Kier alpha value is -0.730. The van der Waals surface area contributed by atoms with Gasteiger partial charge in [-0.2, -0.15) is 5.90 Å². The van der Waals surface area contributed by atoms with Gasteiger partial charge in [0.1, 0.15) is 5.66 Å². The molecule has 0 rings (SSSR count). The Morgan fingerprint density at radius 1 is 1.23 bits per heavy atom. The maximum absolute atomic E-state index is 11.0. The first-order chi connectivity index (χ1) is 5.67. The summed E-state index contributed by atoms with van der Waals surface area (Å²) < 4.78 is 0. The first-order valence-corrected chi connectivity index (χ1v) is 3.74. The van der Waals surface area contributed by atoms with Gasteiger partial charge in [0.25, 0.3) is 0 Å². The summed E-state index contributed by atoms with van der Waals surface area (Å²) >= 11 is 0. The Morgan fingerprint density at radius 3 is 1.85 bits per heavy atom. The molecule has 0 unspecified atom stereocenters. The highest BCUT2D eigenvalue weighted by atomic mass is 16.7. The van der Waals surface area contributed by atoms with Gasteiger partial charge in [0.2, 0.25) is 0 Å². The minimum absolute atomic E-state index is 0.304. The monoisotopic (exact) mass is 191 g/mol. The van der Waals surface area contributed by atoms with Gasteiger partial charge in [-0.05, 0) is 5.92 Å². The summed E-state index contributed by atoms with van der Waals surface area (Å²) in [7, 11) is 0. The van der Waals surface area contributed by atoms with Crippen LogP contribution in [0.2, 0.25) is 0 Å². The third-order valence-corrected chi connectivity index (χ3v) is 2.12. The SMILES string of the molecule is CC(C)C(N)(N)C(N)(N)C(=O)ON. The van der Waals surface area contributed by atoms with E-state index in [1.165, 1.54) is 0 Å². The van der Waals surface area contributed by atoms with Gasteiger partial charge in [0.15, 0.2) is 5.66 Å². The van der Waals surface area contributed by atoms with Crippen LogP contribution >= 0.6 is 0 Å². The topological polar surface area (TPSA) is 156 Å². The van der Waals surface area contributed by atoms with E-state index in [9.17, 15) is 4.79 Å². The summed E-state index contributed by atoms with van der Waals surface area (Å²) in [5, 5.41) is 0. The van der Waals surface area contributed by atoms with Crippen LogP contribution in [-0.4, -0.2) is 17.3 Å². The zero-order valence-electron chi connectivity index (χ0n) is 7.78. The molecule has 78 valence electrons. The lowest BCUT2D eigenvalue weighted by Crippen LogP contribution is -2.81. The Labute approximate surface area is 76.5 Å². The molecule has 0 aromatic carbocycles. The van der Waals surface area contributed by atoms with Gasteiger partial charge < -0.3 is 27.8 Å². The molecule has 0 spiro atoms. The van der Waals surface area contributed by atoms with Crippen molar-refractivity contribution >= 4 is 5.97 Å². The average molecular weight is 191 g/mol. The summed E-state index contributed by atoms with van der Waals surface area (Å²) in [5.41, 5.74) is 18.4. The molecule has 13 heavy (non-hydrogen) atoms. The van der Waals surface area contributed by atoms with E-state index in [0.29, 0.717) is 0 Å². The summed E-state index contributed by atoms with van der Waals surface area (Å²) in [4.78, 5) is 14.9. The third kappa shape index (κ3) is 1.95. The zero-order chi connectivity index (χ0) is 10.9. The molecular formula is C6H17N5O2. The molecule has 7 nitrogen and oxygen atoms in total. The zero-order valence-corrected chi connectivity index (χ0v) is 7.78. The number of carbonyl (C=O) groups is 1. The summed E-state index contributed by atoms with van der Waals surface area (Å²) in [6, 6.07) is 0. The van der Waals surface area contributed by atoms with Crippen LogP contribution < -0.4 is 28.8 Å². The third-order valence-electron chi connectivity index (χ3n) is 2.12. The Kier molecular flexibility index (Phi) is 3.36. The van der Waals surface area contributed by atoms with Crippen molar-refractivity contribution in [1.29, 1.82) is 0 Å². The number of hydrogen-bond donors (Lipinski definition) is 5. The van der Waals surface area contributed by atoms with Crippen molar-refractivity contribution in [3.63, 3.8) is 0 Å². The van der Waals surface area contributed by atoms with Gasteiger partial charge in [0.05, 0.1) is 0 Å². The van der Waals surface area contributed by atoms with E-state index in [-0.39, 0.29) is 5.92 Å². The Bertz CT molecular complexity index is 201. The smallest absolute Gasteiger partial charge is 0.362 e. The van der Waals surface area contributed by atoms with E-state index in [1.807, 2.05) is 0 Å². The molecule has 0 heterocycles. The number of hydrogen-bond acceptors (Lipinski definition) is 7. The first kappa shape index (κ1) is 12.3. The van der Waals surface area contributed by atoms with E-state index in [4.69, 9.17) is 22.9 Å². The average Bonchev–Trinajstić information content (AvgIpc) is 2.02.